The third kappa shape index (κ3) is 5.51. The van der Waals surface area contributed by atoms with E-state index in [0.717, 1.165) is 6.26 Å². The molecule has 112 valence electrons. The minimum atomic E-state index is -3.34. The molecule has 1 aromatic rings. The zero-order valence-electron chi connectivity index (χ0n) is 11.6. The second-order valence-corrected chi connectivity index (χ2v) is 6.76. The second kappa shape index (κ2) is 6.16. The van der Waals surface area contributed by atoms with Crippen molar-refractivity contribution in [1.29, 1.82) is 0 Å². The maximum absolute atomic E-state index is 11.9. The topological polar surface area (TPSA) is 126 Å². The van der Waals surface area contributed by atoms with E-state index in [-0.39, 0.29) is 12.5 Å². The number of nitrogens with two attached hydrogens (primary N) is 1. The lowest BCUT2D eigenvalue weighted by atomic mass is 10.1. The molecule has 0 unspecified atom stereocenters. The third-order valence-corrected chi connectivity index (χ3v) is 3.25. The molecule has 5 N–H and O–H groups in total. The first-order valence-electron chi connectivity index (χ1n) is 5.83. The van der Waals surface area contributed by atoms with Crippen LogP contribution in [0.3, 0.4) is 0 Å². The van der Waals surface area contributed by atoms with Crippen molar-refractivity contribution in [2.24, 2.45) is 5.84 Å². The van der Waals surface area contributed by atoms with Gasteiger partial charge in [-0.3, -0.25) is 4.79 Å². The number of sulfonamides is 1. The molecule has 0 aliphatic heterocycles. The number of aromatic nitrogens is 1. The Labute approximate surface area is 118 Å². The van der Waals surface area contributed by atoms with Crippen LogP contribution in [0.5, 0.6) is 0 Å². The summed E-state index contributed by atoms with van der Waals surface area (Å²) >= 11 is 0. The number of nitrogens with zero attached hydrogens (tertiary/aromatic N) is 1. The molecule has 20 heavy (non-hydrogen) atoms. The van der Waals surface area contributed by atoms with E-state index >= 15 is 0 Å². The number of rotatable bonds is 6. The van der Waals surface area contributed by atoms with Crippen molar-refractivity contribution < 1.29 is 13.2 Å². The van der Waals surface area contributed by atoms with E-state index in [0.29, 0.717) is 11.4 Å². The van der Waals surface area contributed by atoms with Crippen LogP contribution in [0.2, 0.25) is 0 Å². The van der Waals surface area contributed by atoms with Gasteiger partial charge in [-0.1, -0.05) is 0 Å². The molecule has 1 heterocycles. The third-order valence-electron chi connectivity index (χ3n) is 2.32. The number of nitrogen functional groups attached to an aromatic ring is 1. The predicted octanol–water partition coefficient (Wildman–Crippen LogP) is -0.575. The molecule has 0 spiro atoms. The van der Waals surface area contributed by atoms with Gasteiger partial charge < -0.3 is 10.7 Å². The van der Waals surface area contributed by atoms with Crippen molar-refractivity contribution >= 4 is 21.7 Å². The number of hydrogen-bond donors (Lipinski definition) is 4. The summed E-state index contributed by atoms with van der Waals surface area (Å²) in [4.78, 5) is 15.8. The van der Waals surface area contributed by atoms with Crippen LogP contribution in [0.25, 0.3) is 0 Å². The van der Waals surface area contributed by atoms with Gasteiger partial charge in [-0.15, -0.1) is 0 Å². The molecule has 0 aliphatic rings. The van der Waals surface area contributed by atoms with Gasteiger partial charge in [0, 0.05) is 23.8 Å². The molecule has 0 saturated carbocycles. The van der Waals surface area contributed by atoms with Crippen molar-refractivity contribution in [3.8, 4) is 0 Å². The molecule has 0 aromatic carbocycles. The highest BCUT2D eigenvalue weighted by Crippen LogP contribution is 2.07. The first kappa shape index (κ1) is 16.3. The van der Waals surface area contributed by atoms with Gasteiger partial charge in [-0.25, -0.2) is 24.0 Å². The fourth-order valence-corrected chi connectivity index (χ4v) is 2.67. The fraction of sp³-hybridized carbons (Fsp3) is 0.455. The standard InChI is InChI=1S/C11H19N5O3S/c1-11(2,16-20(3,18)19)7-14-10(17)8-4-5-13-9(6-8)15-12/h4-6,16H,7,12H2,1-3H3,(H,13,15)(H,14,17). The summed E-state index contributed by atoms with van der Waals surface area (Å²) in [6, 6.07) is 3.03. The molecule has 1 rings (SSSR count). The Morgan fingerprint density at radius 2 is 2.10 bits per heavy atom. The van der Waals surface area contributed by atoms with E-state index in [1.807, 2.05) is 0 Å². The smallest absolute Gasteiger partial charge is 0.251 e. The second-order valence-electron chi connectivity index (χ2n) is 5.01. The lowest BCUT2D eigenvalue weighted by Crippen LogP contribution is -2.51. The molecular weight excluding hydrogens is 282 g/mol. The Morgan fingerprint density at radius 3 is 2.65 bits per heavy atom. The van der Waals surface area contributed by atoms with E-state index in [2.05, 4.69) is 20.4 Å². The van der Waals surface area contributed by atoms with Crippen molar-refractivity contribution in [3.63, 3.8) is 0 Å². The van der Waals surface area contributed by atoms with E-state index < -0.39 is 15.6 Å². The van der Waals surface area contributed by atoms with Crippen LogP contribution in [-0.4, -0.2) is 37.6 Å². The minimum absolute atomic E-state index is 0.145. The first-order chi connectivity index (χ1) is 9.13. The fourth-order valence-electron chi connectivity index (χ4n) is 1.59. The van der Waals surface area contributed by atoms with E-state index in [9.17, 15) is 13.2 Å². The lowest BCUT2D eigenvalue weighted by molar-refractivity contribution is 0.0944. The number of hydrogen-bond acceptors (Lipinski definition) is 6. The normalized spacial score (nSPS) is 12.0. The zero-order chi connectivity index (χ0) is 15.4. The molecule has 1 aromatic heterocycles. The average Bonchev–Trinajstić information content (AvgIpc) is 2.33. The van der Waals surface area contributed by atoms with Crippen LogP contribution in [-0.2, 0) is 10.0 Å². The van der Waals surface area contributed by atoms with Crippen molar-refractivity contribution in [2.45, 2.75) is 19.4 Å². The highest BCUT2D eigenvalue weighted by molar-refractivity contribution is 7.88. The maximum atomic E-state index is 11.9. The molecule has 0 bridgehead atoms. The summed E-state index contributed by atoms with van der Waals surface area (Å²) in [5.41, 5.74) is 1.93. The summed E-state index contributed by atoms with van der Waals surface area (Å²) in [7, 11) is -3.34. The van der Waals surface area contributed by atoms with Crippen LogP contribution in [0, 0.1) is 0 Å². The molecule has 9 heteroatoms. The van der Waals surface area contributed by atoms with Crippen molar-refractivity contribution in [1.82, 2.24) is 15.0 Å². The Kier molecular flexibility index (Phi) is 5.03. The van der Waals surface area contributed by atoms with Gasteiger partial charge in [-0.05, 0) is 26.0 Å². The minimum Gasteiger partial charge on any atom is -0.350 e. The summed E-state index contributed by atoms with van der Waals surface area (Å²) in [6.07, 6.45) is 2.52. The van der Waals surface area contributed by atoms with Crippen molar-refractivity contribution in [2.75, 3.05) is 18.2 Å². The SMILES string of the molecule is CC(C)(CNC(=O)c1ccnc(NN)c1)NS(C)(=O)=O. The molecule has 0 radical (unpaired) electrons. The molecule has 0 saturated heterocycles. The quantitative estimate of drug-likeness (QED) is 0.411. The Balaban J connectivity index is 2.67. The van der Waals surface area contributed by atoms with E-state index in [1.54, 1.807) is 13.8 Å². The van der Waals surface area contributed by atoms with E-state index in [1.165, 1.54) is 18.3 Å². The van der Waals surface area contributed by atoms with Crippen LogP contribution >= 0.6 is 0 Å². The Hall–Kier alpha value is -1.71. The number of amides is 1. The summed E-state index contributed by atoms with van der Waals surface area (Å²) in [5.74, 6) is 5.24. The highest BCUT2D eigenvalue weighted by atomic mass is 32.2. The van der Waals surface area contributed by atoms with Gasteiger partial charge >= 0.3 is 0 Å². The van der Waals surface area contributed by atoms with Gasteiger partial charge in [0.15, 0.2) is 0 Å². The maximum Gasteiger partial charge on any atom is 0.251 e. The number of pyridine rings is 1. The van der Waals surface area contributed by atoms with Crippen LogP contribution in [0.1, 0.15) is 24.2 Å². The summed E-state index contributed by atoms with van der Waals surface area (Å²) < 4.78 is 24.8. The Morgan fingerprint density at radius 1 is 1.45 bits per heavy atom. The lowest BCUT2D eigenvalue weighted by Gasteiger charge is -2.25. The largest absolute Gasteiger partial charge is 0.350 e. The monoisotopic (exact) mass is 301 g/mol. The number of hydrazine groups is 1. The molecular formula is C11H19N5O3S. The van der Waals surface area contributed by atoms with Gasteiger partial charge in [0.2, 0.25) is 10.0 Å². The predicted molar refractivity (Wildman–Crippen MR) is 76.4 cm³/mol. The van der Waals surface area contributed by atoms with Gasteiger partial charge in [0.1, 0.15) is 5.82 Å². The zero-order valence-corrected chi connectivity index (χ0v) is 12.4. The summed E-state index contributed by atoms with van der Waals surface area (Å²) in [5, 5.41) is 2.65. The molecule has 1 amide bonds. The van der Waals surface area contributed by atoms with Gasteiger partial charge in [0.05, 0.1) is 6.26 Å². The van der Waals surface area contributed by atoms with E-state index in [4.69, 9.17) is 5.84 Å². The molecule has 8 nitrogen and oxygen atoms in total. The van der Waals surface area contributed by atoms with Crippen LogP contribution in [0.4, 0.5) is 5.82 Å². The molecule has 0 fully saturated rings. The number of nitrogens with one attached hydrogen (secondary N) is 3. The molecule has 0 atom stereocenters. The van der Waals surface area contributed by atoms with Gasteiger partial charge in [-0.2, -0.15) is 0 Å². The summed E-state index contributed by atoms with van der Waals surface area (Å²) in [6.45, 7) is 3.49. The number of anilines is 1. The van der Waals surface area contributed by atoms with Gasteiger partial charge in [0.25, 0.3) is 5.91 Å². The Bertz CT molecular complexity index is 585. The highest BCUT2D eigenvalue weighted by Gasteiger charge is 2.23. The number of carbonyl (C=O) groups excluding carboxylic acids is 1. The van der Waals surface area contributed by atoms with Crippen molar-refractivity contribution in [3.05, 3.63) is 23.9 Å². The average molecular weight is 301 g/mol. The first-order valence-corrected chi connectivity index (χ1v) is 7.72. The number of carbonyl (C=O) groups is 1. The van der Waals surface area contributed by atoms with Crippen LogP contribution in [0.15, 0.2) is 18.3 Å². The van der Waals surface area contributed by atoms with Crippen LogP contribution < -0.4 is 21.3 Å². The molecule has 0 aliphatic carbocycles.